The zero-order valence-electron chi connectivity index (χ0n) is 10.5. The van der Waals surface area contributed by atoms with Crippen LogP contribution in [-0.2, 0) is 9.53 Å². The van der Waals surface area contributed by atoms with E-state index < -0.39 is 5.54 Å². The van der Waals surface area contributed by atoms with E-state index in [1.54, 1.807) is 0 Å². The maximum atomic E-state index is 11.9. The van der Waals surface area contributed by atoms with Gasteiger partial charge in [0, 0.05) is 11.5 Å². The molecule has 0 aromatic carbocycles. The lowest BCUT2D eigenvalue weighted by Gasteiger charge is -2.32. The van der Waals surface area contributed by atoms with Gasteiger partial charge in [0.05, 0.1) is 7.11 Å². The van der Waals surface area contributed by atoms with Gasteiger partial charge < -0.3 is 10.1 Å². The number of hydrogen-bond acceptors (Lipinski definition) is 4. The van der Waals surface area contributed by atoms with Crippen molar-refractivity contribution in [2.24, 2.45) is 11.0 Å². The number of carbonyl (C=O) groups excluding carboxylic acids is 1. The summed E-state index contributed by atoms with van der Waals surface area (Å²) in [5.74, 6) is 0.112. The second-order valence-corrected chi connectivity index (χ2v) is 4.49. The normalized spacial score (nSPS) is 27.5. The molecule has 0 aromatic heterocycles. The number of nitrogens with zero attached hydrogens (tertiary/aromatic N) is 3. The van der Waals surface area contributed by atoms with Gasteiger partial charge in [-0.2, -0.15) is 0 Å². The van der Waals surface area contributed by atoms with Gasteiger partial charge in [0.2, 0.25) is 0 Å². The number of esters is 1. The average molecular weight is 240 g/mol. The van der Waals surface area contributed by atoms with Crippen LogP contribution in [0.5, 0.6) is 0 Å². The topological polar surface area (TPSA) is 87.1 Å². The molecule has 0 radical (unpaired) electrons. The zero-order valence-corrected chi connectivity index (χ0v) is 10.5. The van der Waals surface area contributed by atoms with Crippen LogP contribution in [0.2, 0.25) is 0 Å². The van der Waals surface area contributed by atoms with E-state index >= 15 is 0 Å². The van der Waals surface area contributed by atoms with Crippen LogP contribution in [0.25, 0.3) is 10.4 Å². The van der Waals surface area contributed by atoms with Crippen LogP contribution in [0, 0.1) is 5.92 Å². The van der Waals surface area contributed by atoms with Crippen LogP contribution in [0.4, 0.5) is 0 Å². The molecule has 96 valence electrons. The molecule has 1 rings (SSSR count). The molecule has 1 saturated carbocycles. The number of rotatable bonds is 6. The van der Waals surface area contributed by atoms with Gasteiger partial charge in [-0.1, -0.05) is 18.5 Å². The second kappa shape index (κ2) is 6.47. The fraction of sp³-hybridized carbons (Fsp3) is 0.909. The van der Waals surface area contributed by atoms with Crippen molar-refractivity contribution in [3.05, 3.63) is 10.4 Å². The maximum Gasteiger partial charge on any atom is 0.326 e. The second-order valence-electron chi connectivity index (χ2n) is 4.49. The molecule has 0 aromatic rings. The van der Waals surface area contributed by atoms with Gasteiger partial charge in [0.1, 0.15) is 5.54 Å². The first kappa shape index (κ1) is 13.8. The lowest BCUT2D eigenvalue weighted by molar-refractivity contribution is -0.150. The molecule has 1 aliphatic carbocycles. The SMILES string of the molecule is COC(=O)C1(NCCCN=[N+]=[N-])CCCC1C. The average Bonchev–Trinajstić information content (AvgIpc) is 2.71. The molecular weight excluding hydrogens is 220 g/mol. The fourth-order valence-electron chi connectivity index (χ4n) is 2.51. The third kappa shape index (κ3) is 3.11. The van der Waals surface area contributed by atoms with Crippen molar-refractivity contribution in [3.63, 3.8) is 0 Å². The molecule has 0 heterocycles. The highest BCUT2D eigenvalue weighted by atomic mass is 16.5. The van der Waals surface area contributed by atoms with Crippen LogP contribution in [0.15, 0.2) is 5.11 Å². The van der Waals surface area contributed by atoms with Crippen LogP contribution < -0.4 is 5.32 Å². The predicted molar refractivity (Wildman–Crippen MR) is 64.4 cm³/mol. The molecule has 0 amide bonds. The van der Waals surface area contributed by atoms with E-state index in [2.05, 4.69) is 22.3 Å². The summed E-state index contributed by atoms with van der Waals surface area (Å²) in [4.78, 5) is 14.6. The third-order valence-electron chi connectivity index (χ3n) is 3.54. The van der Waals surface area contributed by atoms with Crippen molar-refractivity contribution in [2.45, 2.75) is 38.1 Å². The van der Waals surface area contributed by atoms with Crippen LogP contribution in [0.1, 0.15) is 32.6 Å². The van der Waals surface area contributed by atoms with Crippen molar-refractivity contribution in [1.29, 1.82) is 0 Å². The van der Waals surface area contributed by atoms with Crippen molar-refractivity contribution in [3.8, 4) is 0 Å². The maximum absolute atomic E-state index is 11.9. The minimum absolute atomic E-state index is 0.175. The Morgan fingerprint density at radius 2 is 2.47 bits per heavy atom. The number of nitrogens with one attached hydrogen (secondary N) is 1. The molecule has 0 bridgehead atoms. The Kier molecular flexibility index (Phi) is 5.25. The highest BCUT2D eigenvalue weighted by Gasteiger charge is 2.47. The van der Waals surface area contributed by atoms with Crippen molar-refractivity contribution in [2.75, 3.05) is 20.2 Å². The van der Waals surface area contributed by atoms with Gasteiger partial charge >= 0.3 is 5.97 Å². The summed E-state index contributed by atoms with van der Waals surface area (Å²) < 4.78 is 4.90. The molecule has 2 unspecified atom stereocenters. The standard InChI is InChI=1S/C11H20N4O2/c1-9-5-3-6-11(9,10(16)17-2)13-7-4-8-14-15-12/h9,13H,3-8H2,1-2H3. The Morgan fingerprint density at radius 3 is 3.00 bits per heavy atom. The fourth-order valence-corrected chi connectivity index (χ4v) is 2.51. The number of methoxy groups -OCH3 is 1. The Hall–Kier alpha value is -1.26. The third-order valence-corrected chi connectivity index (χ3v) is 3.54. The molecule has 1 aliphatic rings. The number of hydrogen-bond donors (Lipinski definition) is 1. The number of azide groups is 1. The summed E-state index contributed by atoms with van der Waals surface area (Å²) in [5.41, 5.74) is 7.62. The first-order valence-corrected chi connectivity index (χ1v) is 6.01. The lowest BCUT2D eigenvalue weighted by atomic mass is 9.88. The van der Waals surface area contributed by atoms with Gasteiger partial charge in [-0.05, 0) is 37.3 Å². The minimum atomic E-state index is -0.537. The summed E-state index contributed by atoms with van der Waals surface area (Å²) in [6, 6.07) is 0. The quantitative estimate of drug-likeness (QED) is 0.253. The first-order chi connectivity index (χ1) is 8.17. The molecule has 1 fully saturated rings. The molecule has 0 saturated heterocycles. The number of carbonyl (C=O) groups is 1. The van der Waals surface area contributed by atoms with Crippen molar-refractivity contribution < 1.29 is 9.53 Å². The molecule has 6 nitrogen and oxygen atoms in total. The summed E-state index contributed by atoms with van der Waals surface area (Å²) in [5, 5.41) is 6.76. The van der Waals surface area contributed by atoms with Gasteiger partial charge in [0.25, 0.3) is 0 Å². The van der Waals surface area contributed by atoms with E-state index in [0.717, 1.165) is 25.7 Å². The van der Waals surface area contributed by atoms with Crippen molar-refractivity contribution in [1.82, 2.24) is 5.32 Å². The van der Waals surface area contributed by atoms with Gasteiger partial charge in [-0.15, -0.1) is 0 Å². The van der Waals surface area contributed by atoms with Gasteiger partial charge in [-0.25, -0.2) is 0 Å². The highest BCUT2D eigenvalue weighted by molar-refractivity contribution is 5.81. The monoisotopic (exact) mass is 240 g/mol. The Balaban J connectivity index is 2.53. The first-order valence-electron chi connectivity index (χ1n) is 6.01. The van der Waals surface area contributed by atoms with Gasteiger partial charge in [-0.3, -0.25) is 4.79 Å². The summed E-state index contributed by atoms with van der Waals surface area (Å²) in [6.07, 6.45) is 3.63. The predicted octanol–water partition coefficient (Wildman–Crippen LogP) is 2.01. The van der Waals surface area contributed by atoms with E-state index in [1.807, 2.05) is 0 Å². The number of ether oxygens (including phenoxy) is 1. The largest absolute Gasteiger partial charge is 0.468 e. The highest BCUT2D eigenvalue weighted by Crippen LogP contribution is 2.36. The van der Waals surface area contributed by atoms with E-state index in [4.69, 9.17) is 10.3 Å². The molecule has 2 atom stereocenters. The molecule has 6 heteroatoms. The van der Waals surface area contributed by atoms with Crippen LogP contribution in [-0.4, -0.2) is 31.7 Å². The minimum Gasteiger partial charge on any atom is -0.468 e. The van der Waals surface area contributed by atoms with E-state index in [9.17, 15) is 4.79 Å². The van der Waals surface area contributed by atoms with Crippen molar-refractivity contribution >= 4 is 5.97 Å². The Bertz CT molecular complexity index is 315. The Morgan fingerprint density at radius 1 is 1.71 bits per heavy atom. The molecular formula is C11H20N4O2. The smallest absolute Gasteiger partial charge is 0.326 e. The van der Waals surface area contributed by atoms with E-state index in [1.165, 1.54) is 7.11 Å². The summed E-state index contributed by atoms with van der Waals surface area (Å²) >= 11 is 0. The zero-order chi connectivity index (χ0) is 12.7. The van der Waals surface area contributed by atoms with Crippen LogP contribution >= 0.6 is 0 Å². The molecule has 0 spiro atoms. The molecule has 0 aliphatic heterocycles. The molecule has 17 heavy (non-hydrogen) atoms. The summed E-state index contributed by atoms with van der Waals surface area (Å²) in [6.45, 7) is 3.19. The van der Waals surface area contributed by atoms with Crippen LogP contribution in [0.3, 0.4) is 0 Å². The molecule has 1 N–H and O–H groups in total. The Labute approximate surface area is 101 Å². The van der Waals surface area contributed by atoms with E-state index in [0.29, 0.717) is 13.1 Å². The lowest BCUT2D eigenvalue weighted by Crippen LogP contribution is -2.55. The summed E-state index contributed by atoms with van der Waals surface area (Å²) in [7, 11) is 1.43. The van der Waals surface area contributed by atoms with Gasteiger partial charge in [0.15, 0.2) is 0 Å². The van der Waals surface area contributed by atoms with E-state index in [-0.39, 0.29) is 11.9 Å².